The van der Waals surface area contributed by atoms with Crippen LogP contribution in [-0.2, 0) is 11.3 Å². The molecule has 2 aromatic carbocycles. The Kier molecular flexibility index (Phi) is 5.32. The zero-order valence-corrected chi connectivity index (χ0v) is 16.1. The van der Waals surface area contributed by atoms with Crippen molar-refractivity contribution in [3.8, 4) is 11.3 Å². The number of rotatable bonds is 4. The molecule has 0 unspecified atom stereocenters. The first-order valence-electron chi connectivity index (χ1n) is 8.12. The van der Waals surface area contributed by atoms with E-state index in [-0.39, 0.29) is 18.0 Å². The van der Waals surface area contributed by atoms with E-state index in [1.807, 2.05) is 56.3 Å². The molecule has 0 fully saturated rings. The van der Waals surface area contributed by atoms with Crippen LogP contribution in [0.3, 0.4) is 0 Å². The first-order valence-corrected chi connectivity index (χ1v) is 8.91. The Morgan fingerprint density at radius 2 is 1.85 bits per heavy atom. The normalized spacial score (nSPS) is 10.6. The predicted octanol–water partition coefficient (Wildman–Crippen LogP) is 3.93. The molecule has 0 aliphatic heterocycles. The van der Waals surface area contributed by atoms with Gasteiger partial charge in [-0.05, 0) is 37.6 Å². The molecule has 0 aliphatic rings. The van der Waals surface area contributed by atoms with Crippen LogP contribution in [0.4, 0.5) is 5.69 Å². The molecule has 6 heteroatoms. The lowest BCUT2D eigenvalue weighted by Gasteiger charge is -2.10. The van der Waals surface area contributed by atoms with Gasteiger partial charge >= 0.3 is 0 Å². The number of anilines is 1. The zero-order chi connectivity index (χ0) is 18.7. The van der Waals surface area contributed by atoms with Gasteiger partial charge in [-0.1, -0.05) is 45.8 Å². The second-order valence-electron chi connectivity index (χ2n) is 6.11. The molecule has 1 N–H and O–H groups in total. The summed E-state index contributed by atoms with van der Waals surface area (Å²) < 4.78 is 2.24. The summed E-state index contributed by atoms with van der Waals surface area (Å²) >= 11 is 3.39. The number of aryl methyl sites for hydroxylation is 2. The molecular weight excluding hydrogens is 394 g/mol. The SMILES string of the molecule is Cc1ccc(-c2cc(=O)n(CC(=O)Nc3ccc(Br)cc3C)cn2)cc1. The van der Waals surface area contributed by atoms with E-state index in [9.17, 15) is 9.59 Å². The third-order valence-corrected chi connectivity index (χ3v) is 4.50. The fourth-order valence-corrected chi connectivity index (χ4v) is 3.01. The lowest BCUT2D eigenvalue weighted by molar-refractivity contribution is -0.116. The van der Waals surface area contributed by atoms with Gasteiger partial charge in [-0.25, -0.2) is 4.98 Å². The molecule has 0 aliphatic carbocycles. The average Bonchev–Trinajstić information content (AvgIpc) is 2.60. The summed E-state index contributed by atoms with van der Waals surface area (Å²) in [7, 11) is 0. The smallest absolute Gasteiger partial charge is 0.254 e. The molecule has 0 spiro atoms. The lowest BCUT2D eigenvalue weighted by Crippen LogP contribution is -2.27. The summed E-state index contributed by atoms with van der Waals surface area (Å²) in [6.45, 7) is 3.82. The van der Waals surface area contributed by atoms with E-state index in [0.717, 1.165) is 26.9 Å². The molecule has 132 valence electrons. The maximum Gasteiger partial charge on any atom is 0.254 e. The maximum atomic E-state index is 12.3. The number of aromatic nitrogens is 2. The number of halogens is 1. The number of nitrogens with zero attached hydrogens (tertiary/aromatic N) is 2. The van der Waals surface area contributed by atoms with Gasteiger partial charge in [-0.3, -0.25) is 14.2 Å². The van der Waals surface area contributed by atoms with Gasteiger partial charge in [0.2, 0.25) is 5.91 Å². The van der Waals surface area contributed by atoms with E-state index in [4.69, 9.17) is 0 Å². The number of hydrogen-bond donors (Lipinski definition) is 1. The lowest BCUT2D eigenvalue weighted by atomic mass is 10.1. The van der Waals surface area contributed by atoms with E-state index >= 15 is 0 Å². The van der Waals surface area contributed by atoms with E-state index < -0.39 is 0 Å². The molecule has 0 saturated heterocycles. The van der Waals surface area contributed by atoms with Crippen LogP contribution in [0.25, 0.3) is 11.3 Å². The topological polar surface area (TPSA) is 64.0 Å². The highest BCUT2D eigenvalue weighted by molar-refractivity contribution is 9.10. The summed E-state index contributed by atoms with van der Waals surface area (Å²) in [6, 6.07) is 14.8. The minimum absolute atomic E-state index is 0.0878. The van der Waals surface area contributed by atoms with Crippen LogP contribution in [0.15, 0.2) is 64.1 Å². The van der Waals surface area contributed by atoms with E-state index in [1.54, 1.807) is 0 Å². The molecule has 3 rings (SSSR count). The number of carbonyl (C=O) groups excluding carboxylic acids is 1. The fraction of sp³-hybridized carbons (Fsp3) is 0.150. The molecule has 1 aromatic heterocycles. The third kappa shape index (κ3) is 4.26. The Labute approximate surface area is 159 Å². The Bertz CT molecular complexity index is 1010. The minimum Gasteiger partial charge on any atom is -0.324 e. The summed E-state index contributed by atoms with van der Waals surface area (Å²) in [6.07, 6.45) is 1.41. The monoisotopic (exact) mass is 411 g/mol. The predicted molar refractivity (Wildman–Crippen MR) is 106 cm³/mol. The van der Waals surface area contributed by atoms with Crippen molar-refractivity contribution in [2.24, 2.45) is 0 Å². The number of amides is 1. The number of benzene rings is 2. The average molecular weight is 412 g/mol. The van der Waals surface area contributed by atoms with E-state index in [0.29, 0.717) is 5.69 Å². The molecule has 0 atom stereocenters. The summed E-state index contributed by atoms with van der Waals surface area (Å²) in [4.78, 5) is 28.9. The van der Waals surface area contributed by atoms with Gasteiger partial charge in [0, 0.05) is 21.8 Å². The van der Waals surface area contributed by atoms with Crippen LogP contribution in [0.5, 0.6) is 0 Å². The number of carbonyl (C=O) groups is 1. The largest absolute Gasteiger partial charge is 0.324 e. The molecule has 3 aromatic rings. The Hall–Kier alpha value is -2.73. The summed E-state index contributed by atoms with van der Waals surface area (Å²) in [5.74, 6) is -0.276. The van der Waals surface area contributed by atoms with E-state index in [2.05, 4.69) is 26.2 Å². The van der Waals surface area contributed by atoms with Crippen molar-refractivity contribution in [2.45, 2.75) is 20.4 Å². The van der Waals surface area contributed by atoms with Crippen molar-refractivity contribution in [2.75, 3.05) is 5.32 Å². The van der Waals surface area contributed by atoms with Crippen LogP contribution in [0.1, 0.15) is 11.1 Å². The van der Waals surface area contributed by atoms with Crippen LogP contribution in [0.2, 0.25) is 0 Å². The van der Waals surface area contributed by atoms with Gasteiger partial charge in [-0.2, -0.15) is 0 Å². The number of nitrogens with one attached hydrogen (secondary N) is 1. The van der Waals surface area contributed by atoms with E-state index in [1.165, 1.54) is 17.0 Å². The third-order valence-electron chi connectivity index (χ3n) is 4.00. The van der Waals surface area contributed by atoms with Crippen LogP contribution >= 0.6 is 15.9 Å². The molecule has 0 saturated carbocycles. The molecule has 0 radical (unpaired) electrons. The van der Waals surface area contributed by atoms with Crippen molar-refractivity contribution >= 4 is 27.5 Å². The highest BCUT2D eigenvalue weighted by Gasteiger charge is 2.09. The van der Waals surface area contributed by atoms with Crippen LogP contribution in [0, 0.1) is 13.8 Å². The van der Waals surface area contributed by atoms with Crippen LogP contribution < -0.4 is 10.9 Å². The maximum absolute atomic E-state index is 12.3. The first kappa shape index (κ1) is 18.1. The zero-order valence-electron chi connectivity index (χ0n) is 14.5. The highest BCUT2D eigenvalue weighted by Crippen LogP contribution is 2.20. The standard InChI is InChI=1S/C20H18BrN3O2/c1-13-3-5-15(6-4-13)18-10-20(26)24(12-22-18)11-19(25)23-17-8-7-16(21)9-14(17)2/h3-10,12H,11H2,1-2H3,(H,23,25). The van der Waals surface area contributed by atoms with Crippen molar-refractivity contribution in [1.29, 1.82) is 0 Å². The van der Waals surface area contributed by atoms with Gasteiger partial charge in [0.25, 0.3) is 5.56 Å². The van der Waals surface area contributed by atoms with Gasteiger partial charge in [0.05, 0.1) is 12.0 Å². The number of hydrogen-bond acceptors (Lipinski definition) is 3. The minimum atomic E-state index is -0.276. The van der Waals surface area contributed by atoms with Gasteiger partial charge in [0.1, 0.15) is 6.54 Å². The van der Waals surface area contributed by atoms with Crippen molar-refractivity contribution < 1.29 is 4.79 Å². The quantitative estimate of drug-likeness (QED) is 0.707. The van der Waals surface area contributed by atoms with Gasteiger partial charge in [-0.15, -0.1) is 0 Å². The first-order chi connectivity index (χ1) is 12.4. The second kappa shape index (κ2) is 7.66. The Morgan fingerprint density at radius 1 is 1.12 bits per heavy atom. The molecule has 0 bridgehead atoms. The molecule has 5 nitrogen and oxygen atoms in total. The molecule has 26 heavy (non-hydrogen) atoms. The Morgan fingerprint density at radius 3 is 2.50 bits per heavy atom. The van der Waals surface area contributed by atoms with Gasteiger partial charge < -0.3 is 5.32 Å². The highest BCUT2D eigenvalue weighted by atomic mass is 79.9. The fourth-order valence-electron chi connectivity index (χ4n) is 2.54. The van der Waals surface area contributed by atoms with Gasteiger partial charge in [0.15, 0.2) is 0 Å². The second-order valence-corrected chi connectivity index (χ2v) is 7.03. The van der Waals surface area contributed by atoms with Crippen molar-refractivity contribution in [1.82, 2.24) is 9.55 Å². The Balaban J connectivity index is 1.74. The van der Waals surface area contributed by atoms with Crippen molar-refractivity contribution in [3.05, 3.63) is 80.8 Å². The molecule has 1 amide bonds. The molecule has 1 heterocycles. The summed E-state index contributed by atoms with van der Waals surface area (Å²) in [5, 5.41) is 2.82. The molecular formula is C20H18BrN3O2. The summed E-state index contributed by atoms with van der Waals surface area (Å²) in [5.41, 5.74) is 3.99. The van der Waals surface area contributed by atoms with Crippen LogP contribution in [-0.4, -0.2) is 15.5 Å². The van der Waals surface area contributed by atoms with Crippen molar-refractivity contribution in [3.63, 3.8) is 0 Å².